The van der Waals surface area contributed by atoms with Gasteiger partial charge in [0.2, 0.25) is 0 Å². The Labute approximate surface area is 96.3 Å². The van der Waals surface area contributed by atoms with Crippen LogP contribution in [0, 0.1) is 11.6 Å². The van der Waals surface area contributed by atoms with E-state index in [2.05, 4.69) is 10.3 Å². The largest absolute Gasteiger partial charge is 0.396 e. The minimum absolute atomic E-state index is 0.0123. The van der Waals surface area contributed by atoms with Crippen LogP contribution in [0.5, 0.6) is 0 Å². The predicted molar refractivity (Wildman–Crippen MR) is 62.7 cm³/mol. The van der Waals surface area contributed by atoms with Gasteiger partial charge in [0.15, 0.2) is 11.6 Å². The highest BCUT2D eigenvalue weighted by atomic mass is 19.2. The molecule has 88 valence electrons. The second kappa shape index (κ2) is 4.25. The van der Waals surface area contributed by atoms with Crippen molar-refractivity contribution in [2.75, 3.05) is 16.8 Å². The Hall–Kier alpha value is -2.37. The Balaban J connectivity index is 2.31. The van der Waals surface area contributed by atoms with Crippen LogP contribution in [-0.2, 0) is 0 Å². The molecule has 0 aliphatic carbocycles. The molecule has 1 aromatic carbocycles. The van der Waals surface area contributed by atoms with E-state index in [1.165, 1.54) is 24.3 Å². The summed E-state index contributed by atoms with van der Waals surface area (Å²) in [6.07, 6.45) is 0. The highest BCUT2D eigenvalue weighted by Crippen LogP contribution is 2.22. The van der Waals surface area contributed by atoms with E-state index in [0.29, 0.717) is 11.5 Å². The molecule has 0 spiro atoms. The van der Waals surface area contributed by atoms with E-state index in [0.717, 1.165) is 6.07 Å². The third-order valence-corrected chi connectivity index (χ3v) is 2.17. The fourth-order valence-corrected chi connectivity index (χ4v) is 1.29. The van der Waals surface area contributed by atoms with Crippen molar-refractivity contribution >= 4 is 23.0 Å². The van der Waals surface area contributed by atoms with Gasteiger partial charge in [-0.05, 0) is 24.3 Å². The number of hydrogen-bond donors (Lipinski definition) is 3. The van der Waals surface area contributed by atoms with Gasteiger partial charge in [-0.2, -0.15) is 0 Å². The summed E-state index contributed by atoms with van der Waals surface area (Å²) in [7, 11) is 0. The molecule has 0 amide bonds. The number of pyridine rings is 1. The number of benzene rings is 1. The number of rotatable bonds is 2. The summed E-state index contributed by atoms with van der Waals surface area (Å²) >= 11 is 0. The number of aromatic nitrogens is 1. The maximum absolute atomic E-state index is 13.3. The maximum atomic E-state index is 13.3. The van der Waals surface area contributed by atoms with Crippen molar-refractivity contribution < 1.29 is 8.78 Å². The molecule has 0 aliphatic heterocycles. The van der Waals surface area contributed by atoms with E-state index in [4.69, 9.17) is 11.5 Å². The minimum atomic E-state index is -0.968. The molecule has 17 heavy (non-hydrogen) atoms. The monoisotopic (exact) mass is 236 g/mol. The lowest BCUT2D eigenvalue weighted by Crippen LogP contribution is -2.02. The molecule has 5 N–H and O–H groups in total. The van der Waals surface area contributed by atoms with Gasteiger partial charge in [0.1, 0.15) is 11.6 Å². The zero-order chi connectivity index (χ0) is 12.4. The fourth-order valence-electron chi connectivity index (χ4n) is 1.29. The van der Waals surface area contributed by atoms with Crippen molar-refractivity contribution in [3.05, 3.63) is 42.0 Å². The van der Waals surface area contributed by atoms with E-state index < -0.39 is 11.6 Å². The van der Waals surface area contributed by atoms with Gasteiger partial charge in [-0.15, -0.1) is 0 Å². The van der Waals surface area contributed by atoms with Crippen molar-refractivity contribution in [1.82, 2.24) is 4.98 Å². The third-order valence-electron chi connectivity index (χ3n) is 2.17. The van der Waals surface area contributed by atoms with Crippen LogP contribution in [0.4, 0.5) is 31.8 Å². The van der Waals surface area contributed by atoms with Crippen molar-refractivity contribution in [2.45, 2.75) is 0 Å². The molecule has 0 fully saturated rings. The lowest BCUT2D eigenvalue weighted by atomic mass is 10.3. The number of anilines is 4. The molecule has 4 nitrogen and oxygen atoms in total. The molecule has 2 aromatic rings. The van der Waals surface area contributed by atoms with Crippen molar-refractivity contribution in [3.8, 4) is 0 Å². The van der Waals surface area contributed by atoms with Crippen LogP contribution in [0.3, 0.4) is 0 Å². The molecule has 6 heteroatoms. The summed E-state index contributed by atoms with van der Waals surface area (Å²) in [6.45, 7) is 0. The molecule has 0 saturated heterocycles. The van der Waals surface area contributed by atoms with Gasteiger partial charge in [0.25, 0.3) is 0 Å². The van der Waals surface area contributed by atoms with E-state index in [-0.39, 0.29) is 11.5 Å². The standard InChI is InChI=1S/C11H10F2N4/c12-6-2-1-3-8(10(6)13)16-9-5-4-7(14)11(15)17-9/h1-5H,14H2,(H3,15,16,17). The summed E-state index contributed by atoms with van der Waals surface area (Å²) < 4.78 is 26.3. The van der Waals surface area contributed by atoms with Gasteiger partial charge < -0.3 is 16.8 Å². The average Bonchev–Trinajstić information content (AvgIpc) is 2.30. The average molecular weight is 236 g/mol. The second-order valence-corrected chi connectivity index (χ2v) is 3.40. The lowest BCUT2D eigenvalue weighted by Gasteiger charge is -2.08. The summed E-state index contributed by atoms with van der Waals surface area (Å²) in [4.78, 5) is 3.89. The fraction of sp³-hybridized carbons (Fsp3) is 0. The smallest absolute Gasteiger partial charge is 0.182 e. The van der Waals surface area contributed by atoms with Crippen LogP contribution in [0.1, 0.15) is 0 Å². The highest BCUT2D eigenvalue weighted by molar-refractivity contribution is 5.65. The molecule has 1 heterocycles. The van der Waals surface area contributed by atoms with Crippen LogP contribution in [0.2, 0.25) is 0 Å². The van der Waals surface area contributed by atoms with Crippen LogP contribution in [0.25, 0.3) is 0 Å². The topological polar surface area (TPSA) is 77.0 Å². The zero-order valence-corrected chi connectivity index (χ0v) is 8.74. The zero-order valence-electron chi connectivity index (χ0n) is 8.74. The summed E-state index contributed by atoms with van der Waals surface area (Å²) in [5.41, 5.74) is 11.3. The predicted octanol–water partition coefficient (Wildman–Crippen LogP) is 2.27. The molecule has 0 bridgehead atoms. The molecule has 2 rings (SSSR count). The molecule has 0 unspecified atom stereocenters. The molecular weight excluding hydrogens is 226 g/mol. The second-order valence-electron chi connectivity index (χ2n) is 3.40. The van der Waals surface area contributed by atoms with E-state index in [1.54, 1.807) is 0 Å². The van der Waals surface area contributed by atoms with Gasteiger partial charge in [0, 0.05) is 0 Å². The first kappa shape index (κ1) is 11.1. The van der Waals surface area contributed by atoms with Crippen LogP contribution in [0.15, 0.2) is 30.3 Å². The molecule has 0 saturated carbocycles. The molecule has 0 aliphatic rings. The summed E-state index contributed by atoms with van der Waals surface area (Å²) in [5.74, 6) is -1.48. The van der Waals surface area contributed by atoms with Crippen molar-refractivity contribution in [3.63, 3.8) is 0 Å². The number of nitrogens with zero attached hydrogens (tertiary/aromatic N) is 1. The van der Waals surface area contributed by atoms with Gasteiger partial charge in [-0.1, -0.05) is 6.07 Å². The Morgan fingerprint density at radius 1 is 1.06 bits per heavy atom. The van der Waals surface area contributed by atoms with Crippen LogP contribution >= 0.6 is 0 Å². The first-order valence-electron chi connectivity index (χ1n) is 4.81. The Morgan fingerprint density at radius 2 is 1.82 bits per heavy atom. The number of nitrogens with one attached hydrogen (secondary N) is 1. The number of hydrogen-bond acceptors (Lipinski definition) is 4. The lowest BCUT2D eigenvalue weighted by molar-refractivity contribution is 0.511. The van der Waals surface area contributed by atoms with E-state index >= 15 is 0 Å². The third kappa shape index (κ3) is 2.25. The molecule has 0 atom stereocenters. The Morgan fingerprint density at radius 3 is 2.53 bits per heavy atom. The highest BCUT2D eigenvalue weighted by Gasteiger charge is 2.08. The molecule has 0 radical (unpaired) electrons. The Bertz CT molecular complexity index is 557. The van der Waals surface area contributed by atoms with Crippen LogP contribution in [-0.4, -0.2) is 4.98 Å². The number of nitrogen functional groups attached to an aromatic ring is 2. The van der Waals surface area contributed by atoms with Crippen LogP contribution < -0.4 is 16.8 Å². The van der Waals surface area contributed by atoms with E-state index in [9.17, 15) is 8.78 Å². The first-order valence-corrected chi connectivity index (χ1v) is 4.81. The van der Waals surface area contributed by atoms with E-state index in [1.807, 2.05) is 0 Å². The van der Waals surface area contributed by atoms with Gasteiger partial charge >= 0.3 is 0 Å². The number of halogens is 2. The molecule has 1 aromatic heterocycles. The quantitative estimate of drug-likeness (QED) is 0.747. The summed E-state index contributed by atoms with van der Waals surface area (Å²) in [5, 5.41) is 2.62. The normalized spacial score (nSPS) is 10.2. The van der Waals surface area contributed by atoms with Gasteiger partial charge in [-0.25, -0.2) is 13.8 Å². The number of nitrogens with two attached hydrogens (primary N) is 2. The Kier molecular flexibility index (Phi) is 2.78. The maximum Gasteiger partial charge on any atom is 0.182 e. The van der Waals surface area contributed by atoms with Gasteiger partial charge in [0.05, 0.1) is 11.4 Å². The first-order chi connectivity index (χ1) is 8.08. The SMILES string of the molecule is Nc1ccc(Nc2cccc(F)c2F)nc1N. The van der Waals surface area contributed by atoms with Crippen molar-refractivity contribution in [1.29, 1.82) is 0 Å². The molecular formula is C11H10F2N4. The van der Waals surface area contributed by atoms with Gasteiger partial charge in [-0.3, -0.25) is 0 Å². The van der Waals surface area contributed by atoms with Crippen molar-refractivity contribution in [2.24, 2.45) is 0 Å². The minimum Gasteiger partial charge on any atom is -0.396 e. The summed E-state index contributed by atoms with van der Waals surface area (Å²) in [6, 6.07) is 6.87.